The van der Waals surface area contributed by atoms with Gasteiger partial charge >= 0.3 is 0 Å². The average molecular weight is 369 g/mol. The van der Waals surface area contributed by atoms with Crippen LogP contribution in [-0.4, -0.2) is 47.8 Å². The maximum absolute atomic E-state index is 12.3. The predicted molar refractivity (Wildman–Crippen MR) is 105 cm³/mol. The maximum atomic E-state index is 12.3. The van der Waals surface area contributed by atoms with E-state index in [2.05, 4.69) is 45.8 Å². The van der Waals surface area contributed by atoms with Crippen LogP contribution in [0.3, 0.4) is 0 Å². The summed E-state index contributed by atoms with van der Waals surface area (Å²) in [5.41, 5.74) is 2.99. The number of nitrogens with zero attached hydrogens (tertiary/aromatic N) is 3. The van der Waals surface area contributed by atoms with Gasteiger partial charge in [-0.25, -0.2) is 0 Å². The normalized spacial score (nSPS) is 26.5. The standard InChI is InChI=1S/C20H27N5O2/c1-12-11-25(9-8-16(12)21-2)13-4-5-14-17(10-13)24(3)23-19(14)15-6-7-18(26)22-20(15)27/h4-5,10,12,15-16,21H,6-9,11H2,1-3H3,(H,22,26,27)/t12-,15?,16+/m1/s1. The molecule has 27 heavy (non-hydrogen) atoms. The van der Waals surface area contributed by atoms with Gasteiger partial charge in [0.2, 0.25) is 11.8 Å². The highest BCUT2D eigenvalue weighted by Gasteiger charge is 2.32. The topological polar surface area (TPSA) is 79.3 Å². The summed E-state index contributed by atoms with van der Waals surface area (Å²) in [6.07, 6.45) is 2.01. The summed E-state index contributed by atoms with van der Waals surface area (Å²) in [5.74, 6) is -0.204. The quantitative estimate of drug-likeness (QED) is 0.802. The van der Waals surface area contributed by atoms with E-state index in [4.69, 9.17) is 0 Å². The van der Waals surface area contributed by atoms with E-state index in [-0.39, 0.29) is 17.7 Å². The first-order valence-electron chi connectivity index (χ1n) is 9.70. The second-order valence-corrected chi connectivity index (χ2v) is 7.82. The Bertz CT molecular complexity index is 890. The molecule has 2 N–H and O–H groups in total. The minimum absolute atomic E-state index is 0.196. The highest BCUT2D eigenvalue weighted by Crippen LogP contribution is 2.33. The number of hydrogen-bond donors (Lipinski definition) is 2. The highest BCUT2D eigenvalue weighted by molar-refractivity contribution is 6.02. The van der Waals surface area contributed by atoms with Crippen LogP contribution >= 0.6 is 0 Å². The van der Waals surface area contributed by atoms with E-state index < -0.39 is 0 Å². The van der Waals surface area contributed by atoms with E-state index in [0.29, 0.717) is 24.8 Å². The Morgan fingerprint density at radius 2 is 2.07 bits per heavy atom. The van der Waals surface area contributed by atoms with Crippen LogP contribution in [0.25, 0.3) is 10.9 Å². The number of nitrogens with one attached hydrogen (secondary N) is 2. The Balaban J connectivity index is 1.64. The number of carbonyl (C=O) groups is 2. The number of fused-ring (bicyclic) bond motifs is 1. The predicted octanol–water partition coefficient (Wildman–Crippen LogP) is 1.53. The van der Waals surface area contributed by atoms with E-state index in [0.717, 1.165) is 36.1 Å². The lowest BCUT2D eigenvalue weighted by Crippen LogP contribution is -2.47. The van der Waals surface area contributed by atoms with Gasteiger partial charge in [0, 0.05) is 43.7 Å². The van der Waals surface area contributed by atoms with Crippen LogP contribution in [-0.2, 0) is 16.6 Å². The first-order chi connectivity index (χ1) is 13.0. The van der Waals surface area contributed by atoms with Crippen molar-refractivity contribution in [2.24, 2.45) is 13.0 Å². The summed E-state index contributed by atoms with van der Waals surface area (Å²) in [6.45, 7) is 4.34. The van der Waals surface area contributed by atoms with Crippen LogP contribution in [0.1, 0.15) is 37.8 Å². The molecule has 7 nitrogen and oxygen atoms in total. The molecule has 144 valence electrons. The Kier molecular flexibility index (Phi) is 4.63. The minimum atomic E-state index is -0.358. The van der Waals surface area contributed by atoms with Crippen molar-refractivity contribution in [3.63, 3.8) is 0 Å². The van der Waals surface area contributed by atoms with E-state index in [9.17, 15) is 9.59 Å². The third-order valence-electron chi connectivity index (χ3n) is 6.07. The monoisotopic (exact) mass is 369 g/mol. The molecule has 2 fully saturated rings. The Morgan fingerprint density at radius 3 is 2.78 bits per heavy atom. The lowest BCUT2D eigenvalue weighted by molar-refractivity contribution is -0.134. The molecule has 2 aliphatic heterocycles. The van der Waals surface area contributed by atoms with Crippen LogP contribution in [0, 0.1) is 5.92 Å². The van der Waals surface area contributed by atoms with Gasteiger partial charge < -0.3 is 10.2 Å². The van der Waals surface area contributed by atoms with E-state index >= 15 is 0 Å². The average Bonchev–Trinajstić information content (AvgIpc) is 2.97. The lowest BCUT2D eigenvalue weighted by Gasteiger charge is -2.38. The fraction of sp³-hybridized carbons (Fsp3) is 0.550. The summed E-state index contributed by atoms with van der Waals surface area (Å²) in [6, 6.07) is 6.95. The van der Waals surface area contributed by atoms with Crippen molar-refractivity contribution in [1.29, 1.82) is 0 Å². The molecule has 7 heteroatoms. The smallest absolute Gasteiger partial charge is 0.235 e. The summed E-state index contributed by atoms with van der Waals surface area (Å²) in [7, 11) is 3.95. The van der Waals surface area contributed by atoms with Gasteiger partial charge in [0.25, 0.3) is 0 Å². The third-order valence-corrected chi connectivity index (χ3v) is 6.07. The first kappa shape index (κ1) is 18.0. The molecule has 0 saturated carbocycles. The Labute approximate surface area is 159 Å². The molecule has 0 bridgehead atoms. The molecular formula is C20H27N5O2. The van der Waals surface area contributed by atoms with Gasteiger partial charge in [0.1, 0.15) is 0 Å². The fourth-order valence-corrected chi connectivity index (χ4v) is 4.49. The molecule has 0 aliphatic carbocycles. The number of carbonyl (C=O) groups excluding carboxylic acids is 2. The highest BCUT2D eigenvalue weighted by atomic mass is 16.2. The minimum Gasteiger partial charge on any atom is -0.371 e. The molecule has 0 radical (unpaired) electrons. The first-order valence-corrected chi connectivity index (χ1v) is 9.70. The number of anilines is 1. The van der Waals surface area contributed by atoms with Crippen molar-refractivity contribution in [2.75, 3.05) is 25.0 Å². The summed E-state index contributed by atoms with van der Waals surface area (Å²) in [4.78, 5) is 26.1. The zero-order valence-electron chi connectivity index (χ0n) is 16.2. The van der Waals surface area contributed by atoms with Crippen molar-refractivity contribution in [1.82, 2.24) is 20.4 Å². The number of aryl methyl sites for hydroxylation is 1. The number of aromatic nitrogens is 2. The zero-order chi connectivity index (χ0) is 19.1. The number of hydrogen-bond acceptors (Lipinski definition) is 5. The van der Waals surface area contributed by atoms with Gasteiger partial charge in [-0.15, -0.1) is 0 Å². The van der Waals surface area contributed by atoms with Gasteiger partial charge in [-0.05, 0) is 44.0 Å². The Morgan fingerprint density at radius 1 is 1.26 bits per heavy atom. The van der Waals surface area contributed by atoms with E-state index in [1.54, 1.807) is 0 Å². The number of piperidine rings is 2. The van der Waals surface area contributed by atoms with Gasteiger partial charge in [-0.3, -0.25) is 19.6 Å². The molecule has 2 amide bonds. The third kappa shape index (κ3) is 3.20. The molecule has 4 rings (SSSR count). The molecule has 2 saturated heterocycles. The van der Waals surface area contributed by atoms with E-state index in [1.165, 1.54) is 5.69 Å². The summed E-state index contributed by atoms with van der Waals surface area (Å²) >= 11 is 0. The SMILES string of the molecule is CN[C@H]1CCN(c2ccc3c(C4CCC(=O)NC4=O)nn(C)c3c2)C[C@H]1C. The van der Waals surface area contributed by atoms with Crippen LogP contribution in [0.15, 0.2) is 18.2 Å². The van der Waals surface area contributed by atoms with Crippen molar-refractivity contribution in [3.8, 4) is 0 Å². The maximum Gasteiger partial charge on any atom is 0.235 e. The van der Waals surface area contributed by atoms with Crippen LogP contribution < -0.4 is 15.5 Å². The number of rotatable bonds is 3. The number of amides is 2. The number of benzene rings is 1. The van der Waals surface area contributed by atoms with E-state index in [1.807, 2.05) is 18.8 Å². The molecule has 1 unspecified atom stereocenters. The second-order valence-electron chi connectivity index (χ2n) is 7.82. The lowest BCUT2D eigenvalue weighted by atomic mass is 9.92. The molecule has 0 spiro atoms. The fourth-order valence-electron chi connectivity index (χ4n) is 4.49. The molecule has 2 aromatic rings. The zero-order valence-corrected chi connectivity index (χ0v) is 16.2. The van der Waals surface area contributed by atoms with Gasteiger partial charge in [-0.1, -0.05) is 6.92 Å². The summed E-state index contributed by atoms with van der Waals surface area (Å²) < 4.78 is 1.85. The van der Waals surface area contributed by atoms with Crippen molar-refractivity contribution in [2.45, 2.75) is 38.1 Å². The van der Waals surface area contributed by atoms with Crippen LogP contribution in [0.4, 0.5) is 5.69 Å². The molecule has 2 aliphatic rings. The molecule has 1 aromatic heterocycles. The van der Waals surface area contributed by atoms with Crippen molar-refractivity contribution >= 4 is 28.4 Å². The Hall–Kier alpha value is -2.41. The van der Waals surface area contributed by atoms with Gasteiger partial charge in [-0.2, -0.15) is 5.10 Å². The molecule has 1 aromatic carbocycles. The molecule has 3 atom stereocenters. The summed E-state index contributed by atoms with van der Waals surface area (Å²) in [5, 5.41) is 11.5. The van der Waals surface area contributed by atoms with Crippen LogP contribution in [0.5, 0.6) is 0 Å². The number of imide groups is 1. The largest absolute Gasteiger partial charge is 0.371 e. The van der Waals surface area contributed by atoms with Gasteiger partial charge in [0.15, 0.2) is 0 Å². The second kappa shape index (κ2) is 6.96. The molecule has 3 heterocycles. The molecular weight excluding hydrogens is 342 g/mol. The van der Waals surface area contributed by atoms with Crippen LogP contribution in [0.2, 0.25) is 0 Å². The van der Waals surface area contributed by atoms with Crippen molar-refractivity contribution in [3.05, 3.63) is 23.9 Å². The van der Waals surface area contributed by atoms with Crippen molar-refractivity contribution < 1.29 is 9.59 Å². The van der Waals surface area contributed by atoms with Gasteiger partial charge in [0.05, 0.1) is 17.1 Å².